The molecular formula is C17H25N5O. The number of H-pyrrole nitrogens is 1. The van der Waals surface area contributed by atoms with Gasteiger partial charge in [-0.05, 0) is 31.9 Å². The van der Waals surface area contributed by atoms with Crippen molar-refractivity contribution >= 4 is 17.0 Å². The summed E-state index contributed by atoms with van der Waals surface area (Å²) in [4.78, 5) is 14.8. The van der Waals surface area contributed by atoms with Crippen molar-refractivity contribution in [3.05, 3.63) is 30.1 Å². The number of aromatic nitrogens is 2. The smallest absolute Gasteiger partial charge is 0.194 e. The number of likely N-dealkylation sites (tertiary alicyclic amines) is 1. The Bertz CT molecular complexity index is 633. The number of β-amino-alcohol motifs (C(OH)–C–C–N with tert-alkyl or cyclic N) is 1. The molecule has 0 unspecified atom stereocenters. The number of aliphatic imine (C=N–C) groups is 1. The van der Waals surface area contributed by atoms with Crippen LogP contribution in [-0.2, 0) is 6.42 Å². The van der Waals surface area contributed by atoms with Crippen LogP contribution in [0, 0.1) is 0 Å². The van der Waals surface area contributed by atoms with Gasteiger partial charge in [0.05, 0.1) is 17.1 Å². The van der Waals surface area contributed by atoms with E-state index < -0.39 is 0 Å². The van der Waals surface area contributed by atoms with Crippen LogP contribution in [0.4, 0.5) is 0 Å². The van der Waals surface area contributed by atoms with Gasteiger partial charge >= 0.3 is 0 Å². The third-order valence-corrected chi connectivity index (χ3v) is 4.07. The molecule has 0 bridgehead atoms. The standard InChI is InChI=1S/C17H25N5O/c1-2-18-17(22-11-9-13(23)12-22)19-10-5-8-16-20-14-6-3-4-7-15(14)21-16/h3-4,6-7,13,23H,2,5,8-12H2,1H3,(H,18,19)(H,20,21)/t13-/m1/s1. The van der Waals surface area contributed by atoms with Crippen LogP contribution in [0.3, 0.4) is 0 Å². The second-order valence-electron chi connectivity index (χ2n) is 5.93. The van der Waals surface area contributed by atoms with Gasteiger partial charge in [0.15, 0.2) is 5.96 Å². The van der Waals surface area contributed by atoms with E-state index >= 15 is 0 Å². The number of aliphatic hydroxyl groups excluding tert-OH is 1. The maximum Gasteiger partial charge on any atom is 0.194 e. The lowest BCUT2D eigenvalue weighted by atomic mass is 10.3. The molecule has 1 aromatic carbocycles. The van der Waals surface area contributed by atoms with E-state index in [1.54, 1.807) is 0 Å². The molecule has 124 valence electrons. The van der Waals surface area contributed by atoms with E-state index in [1.165, 1.54) is 0 Å². The summed E-state index contributed by atoms with van der Waals surface area (Å²) < 4.78 is 0. The van der Waals surface area contributed by atoms with Crippen LogP contribution in [0.5, 0.6) is 0 Å². The van der Waals surface area contributed by atoms with E-state index in [1.807, 2.05) is 24.3 Å². The number of imidazole rings is 1. The van der Waals surface area contributed by atoms with Crippen molar-refractivity contribution in [2.24, 2.45) is 4.99 Å². The molecule has 0 amide bonds. The molecule has 1 aliphatic rings. The van der Waals surface area contributed by atoms with Crippen molar-refractivity contribution in [2.45, 2.75) is 32.3 Å². The van der Waals surface area contributed by atoms with E-state index in [0.717, 1.165) is 61.7 Å². The molecular weight excluding hydrogens is 290 g/mol. The first-order valence-corrected chi connectivity index (χ1v) is 8.41. The van der Waals surface area contributed by atoms with Gasteiger partial charge in [-0.25, -0.2) is 4.98 Å². The van der Waals surface area contributed by atoms with Gasteiger partial charge in [0.1, 0.15) is 5.82 Å². The van der Waals surface area contributed by atoms with Crippen LogP contribution >= 0.6 is 0 Å². The van der Waals surface area contributed by atoms with E-state index in [0.29, 0.717) is 6.54 Å². The van der Waals surface area contributed by atoms with E-state index in [2.05, 4.69) is 32.1 Å². The Morgan fingerprint density at radius 3 is 3.09 bits per heavy atom. The third kappa shape index (κ3) is 4.01. The Labute approximate surface area is 136 Å². The number of para-hydroxylation sites is 2. The Kier molecular flexibility index (Phi) is 5.12. The fourth-order valence-corrected chi connectivity index (χ4v) is 2.92. The van der Waals surface area contributed by atoms with Crippen molar-refractivity contribution < 1.29 is 5.11 Å². The fourth-order valence-electron chi connectivity index (χ4n) is 2.92. The van der Waals surface area contributed by atoms with Gasteiger partial charge in [-0.1, -0.05) is 12.1 Å². The summed E-state index contributed by atoms with van der Waals surface area (Å²) in [5.41, 5.74) is 2.11. The highest BCUT2D eigenvalue weighted by Crippen LogP contribution is 2.12. The number of hydrogen-bond donors (Lipinski definition) is 3. The largest absolute Gasteiger partial charge is 0.391 e. The topological polar surface area (TPSA) is 76.5 Å². The first kappa shape index (κ1) is 15.8. The summed E-state index contributed by atoms with van der Waals surface area (Å²) in [6, 6.07) is 8.09. The average Bonchev–Trinajstić information content (AvgIpc) is 3.16. The Hall–Kier alpha value is -2.08. The first-order chi connectivity index (χ1) is 11.3. The van der Waals surface area contributed by atoms with Crippen LogP contribution < -0.4 is 5.32 Å². The molecule has 6 heteroatoms. The summed E-state index contributed by atoms with van der Waals surface area (Å²) in [5, 5.41) is 13.0. The summed E-state index contributed by atoms with van der Waals surface area (Å²) >= 11 is 0. The molecule has 0 radical (unpaired) electrons. The predicted octanol–water partition coefficient (Wildman–Crippen LogP) is 1.53. The highest BCUT2D eigenvalue weighted by molar-refractivity contribution is 5.80. The third-order valence-electron chi connectivity index (χ3n) is 4.07. The quantitative estimate of drug-likeness (QED) is 0.444. The molecule has 1 saturated heterocycles. The average molecular weight is 315 g/mol. The number of rotatable bonds is 5. The van der Waals surface area contributed by atoms with E-state index in [9.17, 15) is 5.11 Å². The molecule has 3 rings (SSSR count). The zero-order chi connectivity index (χ0) is 16.1. The maximum atomic E-state index is 9.67. The van der Waals surface area contributed by atoms with Gasteiger partial charge in [0.2, 0.25) is 0 Å². The van der Waals surface area contributed by atoms with E-state index in [-0.39, 0.29) is 6.10 Å². The number of hydrogen-bond acceptors (Lipinski definition) is 3. The van der Waals surface area contributed by atoms with Gasteiger partial charge in [-0.15, -0.1) is 0 Å². The van der Waals surface area contributed by atoms with Gasteiger partial charge in [0.25, 0.3) is 0 Å². The fraction of sp³-hybridized carbons (Fsp3) is 0.529. The van der Waals surface area contributed by atoms with Gasteiger partial charge < -0.3 is 20.3 Å². The van der Waals surface area contributed by atoms with Gasteiger partial charge in [-0.2, -0.15) is 0 Å². The highest BCUT2D eigenvalue weighted by Gasteiger charge is 2.22. The highest BCUT2D eigenvalue weighted by atomic mass is 16.3. The van der Waals surface area contributed by atoms with Crippen LogP contribution in [-0.4, -0.2) is 58.2 Å². The Balaban J connectivity index is 1.53. The molecule has 23 heavy (non-hydrogen) atoms. The minimum Gasteiger partial charge on any atom is -0.391 e. The number of aryl methyl sites for hydroxylation is 1. The van der Waals surface area contributed by atoms with Gasteiger partial charge in [0, 0.05) is 32.6 Å². The summed E-state index contributed by atoms with van der Waals surface area (Å²) in [5.74, 6) is 1.93. The minimum atomic E-state index is -0.227. The number of benzene rings is 1. The number of guanidine groups is 1. The van der Waals surface area contributed by atoms with Crippen molar-refractivity contribution in [3.63, 3.8) is 0 Å². The van der Waals surface area contributed by atoms with Crippen molar-refractivity contribution in [1.29, 1.82) is 0 Å². The normalized spacial score (nSPS) is 18.8. The Morgan fingerprint density at radius 1 is 1.48 bits per heavy atom. The molecule has 1 fully saturated rings. The van der Waals surface area contributed by atoms with Crippen LogP contribution in [0.2, 0.25) is 0 Å². The lowest BCUT2D eigenvalue weighted by Crippen LogP contribution is -2.40. The monoisotopic (exact) mass is 315 g/mol. The minimum absolute atomic E-state index is 0.227. The zero-order valence-electron chi connectivity index (χ0n) is 13.6. The molecule has 1 aromatic heterocycles. The molecule has 0 spiro atoms. The summed E-state index contributed by atoms with van der Waals surface area (Å²) in [6.07, 6.45) is 2.43. The van der Waals surface area contributed by atoms with E-state index in [4.69, 9.17) is 0 Å². The molecule has 2 aromatic rings. The summed E-state index contributed by atoms with van der Waals surface area (Å²) in [7, 11) is 0. The van der Waals surface area contributed by atoms with Crippen LogP contribution in [0.15, 0.2) is 29.3 Å². The summed E-state index contributed by atoms with van der Waals surface area (Å²) in [6.45, 7) is 5.21. The molecule has 1 atom stereocenters. The zero-order valence-corrected chi connectivity index (χ0v) is 13.6. The lowest BCUT2D eigenvalue weighted by molar-refractivity contribution is 0.188. The van der Waals surface area contributed by atoms with Crippen molar-refractivity contribution in [3.8, 4) is 0 Å². The molecule has 6 nitrogen and oxygen atoms in total. The molecule has 0 saturated carbocycles. The van der Waals surface area contributed by atoms with Crippen molar-refractivity contribution in [2.75, 3.05) is 26.2 Å². The lowest BCUT2D eigenvalue weighted by Gasteiger charge is -2.20. The number of fused-ring (bicyclic) bond motifs is 1. The molecule has 2 heterocycles. The van der Waals surface area contributed by atoms with Crippen LogP contribution in [0.1, 0.15) is 25.6 Å². The maximum absolute atomic E-state index is 9.67. The number of aliphatic hydroxyl groups is 1. The molecule has 1 aliphatic heterocycles. The second-order valence-corrected chi connectivity index (χ2v) is 5.93. The predicted molar refractivity (Wildman–Crippen MR) is 92.6 cm³/mol. The van der Waals surface area contributed by atoms with Gasteiger partial charge in [-0.3, -0.25) is 4.99 Å². The number of nitrogens with one attached hydrogen (secondary N) is 2. The van der Waals surface area contributed by atoms with Crippen molar-refractivity contribution in [1.82, 2.24) is 20.2 Å². The molecule has 0 aliphatic carbocycles. The first-order valence-electron chi connectivity index (χ1n) is 8.41. The number of aromatic amines is 1. The number of nitrogens with zero attached hydrogens (tertiary/aromatic N) is 3. The second kappa shape index (κ2) is 7.46. The molecule has 3 N–H and O–H groups in total. The van der Waals surface area contributed by atoms with Crippen LogP contribution in [0.25, 0.3) is 11.0 Å². The Morgan fingerprint density at radius 2 is 2.35 bits per heavy atom. The SMILES string of the molecule is CCNC(=NCCCc1nc2ccccc2[nH]1)N1CC[C@@H](O)C1.